The smallest absolute Gasteiger partial charge is 0.270 e. The highest BCUT2D eigenvalue weighted by Crippen LogP contribution is 2.40. The van der Waals surface area contributed by atoms with Gasteiger partial charge in [0.2, 0.25) is 15.2 Å². The number of nitrogens with zero attached hydrogens (tertiary/aromatic N) is 5. The number of non-ortho nitro benzene ring substituents is 1. The van der Waals surface area contributed by atoms with Crippen LogP contribution in [0.1, 0.15) is 23.6 Å². The first-order valence-corrected chi connectivity index (χ1v) is 15.1. The number of halogens is 2. The summed E-state index contributed by atoms with van der Waals surface area (Å²) in [7, 11) is -3.61. The number of thiazole rings is 1. The summed E-state index contributed by atoms with van der Waals surface area (Å²) < 4.78 is 46.4. The van der Waals surface area contributed by atoms with E-state index in [4.69, 9.17) is 14.8 Å². The molecule has 0 saturated carbocycles. The molecule has 3 aromatic carbocycles. The van der Waals surface area contributed by atoms with Crippen molar-refractivity contribution in [3.8, 4) is 11.3 Å². The van der Waals surface area contributed by atoms with Crippen molar-refractivity contribution in [2.75, 3.05) is 31.3 Å². The molecule has 2 aliphatic rings. The lowest BCUT2D eigenvalue weighted by Crippen LogP contribution is -2.40. The Morgan fingerprint density at radius 3 is 2.40 bits per heavy atom. The summed E-state index contributed by atoms with van der Waals surface area (Å²) in [6, 6.07) is 18.8. The van der Waals surface area contributed by atoms with Gasteiger partial charge < -0.3 is 4.74 Å². The van der Waals surface area contributed by atoms with Gasteiger partial charge in [0.15, 0.2) is 0 Å². The van der Waals surface area contributed by atoms with E-state index < -0.39 is 14.9 Å². The van der Waals surface area contributed by atoms with Crippen molar-refractivity contribution in [1.82, 2.24) is 9.29 Å². The third-order valence-electron chi connectivity index (χ3n) is 7.00. The third-order valence-corrected chi connectivity index (χ3v) is 9.74. The number of rotatable bonds is 7. The first kappa shape index (κ1) is 29.9. The number of anilines is 1. The Balaban J connectivity index is 0.00000353. The van der Waals surface area contributed by atoms with E-state index in [1.54, 1.807) is 53.5 Å². The van der Waals surface area contributed by atoms with Crippen LogP contribution in [0.2, 0.25) is 0 Å². The molecule has 0 spiro atoms. The van der Waals surface area contributed by atoms with E-state index in [1.165, 1.54) is 39.9 Å². The molecule has 0 N–H and O–H groups in total. The number of hydrogen-bond donors (Lipinski definition) is 0. The Morgan fingerprint density at radius 1 is 1.00 bits per heavy atom. The summed E-state index contributed by atoms with van der Waals surface area (Å²) in [4.78, 5) is 15.9. The standard InChI is InChI=1S/C28H24FN5O5S2.BrH/c29-22-8-4-20(5-9-22)27-17-25(21-2-1-3-23(16-21)34(35)36)31-33(27)28-30-26(18-40-28)19-6-10-24(11-7-19)41(37,38)32-12-14-39-15-13-32;/h1-11,16,18,27H,12-15,17H2;1H. The number of nitro benzene ring substituents is 1. The molecule has 10 nitrogen and oxygen atoms in total. The molecular weight excluding hydrogens is 649 g/mol. The summed E-state index contributed by atoms with van der Waals surface area (Å²) in [5, 5.41) is 20.3. The lowest BCUT2D eigenvalue weighted by atomic mass is 9.98. The molecular formula is C28H25BrFN5O5S2. The molecule has 1 fully saturated rings. The molecule has 2 aliphatic heterocycles. The van der Waals surface area contributed by atoms with Gasteiger partial charge in [0.1, 0.15) is 5.82 Å². The van der Waals surface area contributed by atoms with E-state index in [0.29, 0.717) is 54.8 Å². The molecule has 1 unspecified atom stereocenters. The molecule has 218 valence electrons. The number of hydrogen-bond acceptors (Lipinski definition) is 9. The molecule has 0 radical (unpaired) electrons. The predicted molar refractivity (Wildman–Crippen MR) is 163 cm³/mol. The Bertz CT molecular complexity index is 1730. The average molecular weight is 675 g/mol. The average Bonchev–Trinajstić information content (AvgIpc) is 3.66. The van der Waals surface area contributed by atoms with Gasteiger partial charge in [0.05, 0.1) is 40.5 Å². The quantitative estimate of drug-likeness (QED) is 0.179. The Hall–Kier alpha value is -3.56. The molecule has 0 aliphatic carbocycles. The molecule has 0 bridgehead atoms. The largest absolute Gasteiger partial charge is 0.379 e. The Morgan fingerprint density at radius 2 is 1.71 bits per heavy atom. The predicted octanol–water partition coefficient (Wildman–Crippen LogP) is 5.81. The minimum atomic E-state index is -3.61. The van der Waals surface area contributed by atoms with Crippen LogP contribution in [-0.4, -0.2) is 54.6 Å². The first-order valence-electron chi connectivity index (χ1n) is 12.8. The van der Waals surface area contributed by atoms with E-state index in [9.17, 15) is 22.9 Å². The number of morpholine rings is 1. The minimum Gasteiger partial charge on any atom is -0.379 e. The van der Waals surface area contributed by atoms with Crippen LogP contribution in [0.25, 0.3) is 11.3 Å². The fourth-order valence-electron chi connectivity index (χ4n) is 4.84. The van der Waals surface area contributed by atoms with Crippen molar-refractivity contribution >= 4 is 54.9 Å². The van der Waals surface area contributed by atoms with E-state index in [1.807, 2.05) is 5.38 Å². The molecule has 0 amide bonds. The van der Waals surface area contributed by atoms with E-state index in [-0.39, 0.29) is 39.4 Å². The number of ether oxygens (including phenoxy) is 1. The molecule has 14 heteroatoms. The number of benzene rings is 3. The second kappa shape index (κ2) is 12.4. The molecule has 1 aromatic heterocycles. The monoisotopic (exact) mass is 673 g/mol. The molecule has 42 heavy (non-hydrogen) atoms. The lowest BCUT2D eigenvalue weighted by molar-refractivity contribution is -0.384. The van der Waals surface area contributed by atoms with Crippen molar-refractivity contribution in [3.05, 3.63) is 105 Å². The molecule has 1 atom stereocenters. The van der Waals surface area contributed by atoms with Crippen LogP contribution in [0.15, 0.2) is 88.2 Å². The number of sulfonamides is 1. The fraction of sp³-hybridized carbons (Fsp3) is 0.214. The van der Waals surface area contributed by atoms with Gasteiger partial charge in [-0.2, -0.15) is 9.41 Å². The Labute approximate surface area is 256 Å². The maximum absolute atomic E-state index is 13.7. The van der Waals surface area contributed by atoms with Gasteiger partial charge in [-0.25, -0.2) is 22.8 Å². The van der Waals surface area contributed by atoms with Crippen LogP contribution < -0.4 is 5.01 Å². The third kappa shape index (κ3) is 5.99. The summed E-state index contributed by atoms with van der Waals surface area (Å²) in [6.45, 7) is 1.40. The van der Waals surface area contributed by atoms with Gasteiger partial charge in [-0.15, -0.1) is 28.3 Å². The van der Waals surface area contributed by atoms with Gasteiger partial charge >= 0.3 is 0 Å². The molecule has 4 aromatic rings. The molecule has 6 rings (SSSR count). The summed E-state index contributed by atoms with van der Waals surface area (Å²) in [5.41, 5.74) is 3.47. The lowest BCUT2D eigenvalue weighted by Gasteiger charge is -2.26. The van der Waals surface area contributed by atoms with Gasteiger partial charge in [-0.3, -0.25) is 10.1 Å². The second-order valence-electron chi connectivity index (χ2n) is 9.53. The van der Waals surface area contributed by atoms with Gasteiger partial charge in [-0.05, 0) is 29.8 Å². The zero-order chi connectivity index (χ0) is 28.6. The molecule has 1 saturated heterocycles. The fourth-order valence-corrected chi connectivity index (χ4v) is 7.08. The van der Waals surface area contributed by atoms with Crippen LogP contribution in [0, 0.1) is 15.9 Å². The van der Waals surface area contributed by atoms with Crippen LogP contribution >= 0.6 is 28.3 Å². The van der Waals surface area contributed by atoms with Crippen LogP contribution in [0.4, 0.5) is 15.2 Å². The number of hydrazone groups is 1. The zero-order valence-corrected chi connectivity index (χ0v) is 25.3. The van der Waals surface area contributed by atoms with Crippen LogP contribution in [0.5, 0.6) is 0 Å². The normalized spacial score (nSPS) is 17.5. The maximum atomic E-state index is 13.7. The van der Waals surface area contributed by atoms with Crippen molar-refractivity contribution in [1.29, 1.82) is 0 Å². The van der Waals surface area contributed by atoms with E-state index in [0.717, 1.165) is 11.1 Å². The number of aromatic nitrogens is 1. The topological polar surface area (TPSA) is 118 Å². The van der Waals surface area contributed by atoms with Crippen molar-refractivity contribution in [2.45, 2.75) is 17.4 Å². The highest BCUT2D eigenvalue weighted by atomic mass is 79.9. The highest BCUT2D eigenvalue weighted by molar-refractivity contribution is 8.93. The summed E-state index contributed by atoms with van der Waals surface area (Å²) in [6.07, 6.45) is 0.440. The first-order chi connectivity index (χ1) is 19.8. The summed E-state index contributed by atoms with van der Waals surface area (Å²) in [5.74, 6) is -0.353. The van der Waals surface area contributed by atoms with Crippen LogP contribution in [0.3, 0.4) is 0 Å². The Kier molecular flexibility index (Phi) is 8.80. The summed E-state index contributed by atoms with van der Waals surface area (Å²) >= 11 is 1.37. The highest BCUT2D eigenvalue weighted by Gasteiger charge is 2.32. The van der Waals surface area contributed by atoms with Gasteiger partial charge in [0, 0.05) is 48.2 Å². The second-order valence-corrected chi connectivity index (χ2v) is 12.3. The minimum absolute atomic E-state index is 0. The van der Waals surface area contributed by atoms with E-state index >= 15 is 0 Å². The molecule has 3 heterocycles. The van der Waals surface area contributed by atoms with Gasteiger partial charge in [0.25, 0.3) is 5.69 Å². The van der Waals surface area contributed by atoms with Crippen molar-refractivity contribution in [2.24, 2.45) is 5.10 Å². The van der Waals surface area contributed by atoms with Crippen LogP contribution in [-0.2, 0) is 14.8 Å². The van der Waals surface area contributed by atoms with E-state index in [2.05, 4.69) is 0 Å². The van der Waals surface area contributed by atoms with Gasteiger partial charge in [-0.1, -0.05) is 36.4 Å². The zero-order valence-electron chi connectivity index (χ0n) is 22.0. The SMILES string of the molecule is Br.O=[N+]([O-])c1cccc(C2=NN(c3nc(-c4ccc(S(=O)(=O)N5CCOCC5)cc4)cs3)C(c3ccc(F)cc3)C2)c1. The number of nitro groups is 1. The maximum Gasteiger partial charge on any atom is 0.270 e. The van der Waals surface area contributed by atoms with Crippen molar-refractivity contribution in [3.63, 3.8) is 0 Å². The van der Waals surface area contributed by atoms with Crippen molar-refractivity contribution < 1.29 is 22.5 Å².